The van der Waals surface area contributed by atoms with Crippen LogP contribution in [0.2, 0.25) is 0 Å². The molecule has 2 aromatic rings. The Morgan fingerprint density at radius 3 is 1.73 bits per heavy atom. The topological polar surface area (TPSA) is 46.6 Å². The van der Waals surface area contributed by atoms with Crippen molar-refractivity contribution in [3.63, 3.8) is 0 Å². The summed E-state index contributed by atoms with van der Waals surface area (Å²) in [5.74, 6) is 0.000767. The van der Waals surface area contributed by atoms with Gasteiger partial charge in [0.15, 0.2) is 0 Å². The molecule has 0 spiro atoms. The van der Waals surface area contributed by atoms with Crippen molar-refractivity contribution in [3.05, 3.63) is 71.8 Å². The first-order valence-electron chi connectivity index (χ1n) is 9.03. The predicted octanol–water partition coefficient (Wildman–Crippen LogP) is 3.56. The van der Waals surface area contributed by atoms with Crippen molar-refractivity contribution in [1.82, 2.24) is 4.90 Å². The highest BCUT2D eigenvalue weighted by Gasteiger charge is 2.76. The third kappa shape index (κ3) is 2.70. The summed E-state index contributed by atoms with van der Waals surface area (Å²) in [7, 11) is 1.42. The highest BCUT2D eigenvalue weighted by atomic mass is 16.5. The van der Waals surface area contributed by atoms with Gasteiger partial charge in [-0.05, 0) is 30.4 Å². The number of hydrogen-bond acceptors (Lipinski definition) is 3. The van der Waals surface area contributed by atoms with Crippen molar-refractivity contribution in [2.75, 3.05) is 7.11 Å². The van der Waals surface area contributed by atoms with Crippen molar-refractivity contribution in [2.24, 2.45) is 10.8 Å². The van der Waals surface area contributed by atoms with Crippen molar-refractivity contribution in [3.8, 4) is 0 Å². The molecule has 3 aliphatic carbocycles. The highest BCUT2D eigenvalue weighted by molar-refractivity contribution is 5.93. The average molecular weight is 349 g/mol. The summed E-state index contributed by atoms with van der Waals surface area (Å²) in [6.07, 6.45) is 1.89. The molecule has 26 heavy (non-hydrogen) atoms. The second kappa shape index (κ2) is 6.27. The summed E-state index contributed by atoms with van der Waals surface area (Å²) >= 11 is 0. The number of carbonyl (C=O) groups is 2. The van der Waals surface area contributed by atoms with Gasteiger partial charge < -0.3 is 9.64 Å². The van der Waals surface area contributed by atoms with Crippen LogP contribution < -0.4 is 0 Å². The molecular weight excluding hydrogens is 326 g/mol. The lowest BCUT2D eigenvalue weighted by molar-refractivity contribution is -0.229. The Balaban J connectivity index is 1.52. The monoisotopic (exact) mass is 349 g/mol. The van der Waals surface area contributed by atoms with E-state index in [0.29, 0.717) is 32.4 Å². The SMILES string of the molecule is COC(=O)C12CC(C(=O)N(Cc3ccccc3)Cc3ccccc3)(C1)C2. The summed E-state index contributed by atoms with van der Waals surface area (Å²) in [4.78, 5) is 27.2. The van der Waals surface area contributed by atoms with Crippen LogP contribution in [0.3, 0.4) is 0 Å². The minimum atomic E-state index is -0.393. The summed E-state index contributed by atoms with van der Waals surface area (Å²) in [5, 5.41) is 0. The van der Waals surface area contributed by atoms with Crippen molar-refractivity contribution in [1.29, 1.82) is 0 Å². The molecule has 0 aromatic heterocycles. The van der Waals surface area contributed by atoms with Gasteiger partial charge in [0.2, 0.25) is 5.91 Å². The van der Waals surface area contributed by atoms with E-state index in [4.69, 9.17) is 4.74 Å². The minimum Gasteiger partial charge on any atom is -0.469 e. The van der Waals surface area contributed by atoms with E-state index in [-0.39, 0.29) is 17.3 Å². The van der Waals surface area contributed by atoms with E-state index >= 15 is 0 Å². The maximum Gasteiger partial charge on any atom is 0.311 e. The fraction of sp³-hybridized carbons (Fsp3) is 0.364. The van der Waals surface area contributed by atoms with E-state index < -0.39 is 5.41 Å². The molecule has 0 heterocycles. The van der Waals surface area contributed by atoms with E-state index in [2.05, 4.69) is 0 Å². The van der Waals surface area contributed by atoms with Gasteiger partial charge in [-0.2, -0.15) is 0 Å². The second-order valence-corrected chi connectivity index (χ2v) is 7.71. The Kier molecular flexibility index (Phi) is 4.06. The van der Waals surface area contributed by atoms with Crippen LogP contribution in [0.15, 0.2) is 60.7 Å². The number of hydrogen-bond donors (Lipinski definition) is 0. The molecule has 1 amide bonds. The van der Waals surface area contributed by atoms with Crippen LogP contribution in [0.5, 0.6) is 0 Å². The molecule has 4 heteroatoms. The van der Waals surface area contributed by atoms with E-state index in [1.165, 1.54) is 7.11 Å². The number of nitrogens with zero attached hydrogens (tertiary/aromatic N) is 1. The highest BCUT2D eigenvalue weighted by Crippen LogP contribution is 2.74. The Hall–Kier alpha value is -2.62. The molecule has 0 radical (unpaired) electrons. The van der Waals surface area contributed by atoms with E-state index in [1.807, 2.05) is 65.6 Å². The number of ether oxygens (including phenoxy) is 1. The third-order valence-corrected chi connectivity index (χ3v) is 5.82. The number of methoxy groups -OCH3 is 1. The first-order chi connectivity index (χ1) is 12.6. The van der Waals surface area contributed by atoms with Gasteiger partial charge in [-0.15, -0.1) is 0 Å². The summed E-state index contributed by atoms with van der Waals surface area (Å²) in [6.45, 7) is 1.17. The molecular formula is C22H23NO3. The summed E-state index contributed by atoms with van der Waals surface area (Å²) in [5.41, 5.74) is 1.48. The zero-order chi connectivity index (χ0) is 18.2. The van der Waals surface area contributed by atoms with Crippen LogP contribution in [0.1, 0.15) is 30.4 Å². The third-order valence-electron chi connectivity index (χ3n) is 5.82. The zero-order valence-corrected chi connectivity index (χ0v) is 15.0. The number of esters is 1. The van der Waals surface area contributed by atoms with Crippen LogP contribution in [-0.4, -0.2) is 23.9 Å². The predicted molar refractivity (Wildman–Crippen MR) is 97.9 cm³/mol. The second-order valence-electron chi connectivity index (χ2n) is 7.71. The van der Waals surface area contributed by atoms with Crippen LogP contribution >= 0.6 is 0 Å². The summed E-state index contributed by atoms with van der Waals surface area (Å²) < 4.78 is 4.91. The Morgan fingerprint density at radius 1 is 0.846 bits per heavy atom. The van der Waals surface area contributed by atoms with Gasteiger partial charge >= 0.3 is 5.97 Å². The lowest BCUT2D eigenvalue weighted by Crippen LogP contribution is -2.70. The normalized spacial score (nSPS) is 25.6. The number of carbonyl (C=O) groups excluding carboxylic acids is 2. The first-order valence-corrected chi connectivity index (χ1v) is 9.03. The molecule has 3 aliphatic rings. The molecule has 3 saturated carbocycles. The molecule has 2 aromatic carbocycles. The molecule has 3 fully saturated rings. The van der Waals surface area contributed by atoms with Crippen LogP contribution in [0.25, 0.3) is 0 Å². The van der Waals surface area contributed by atoms with Gasteiger partial charge in [0.25, 0.3) is 0 Å². The van der Waals surface area contributed by atoms with E-state index in [0.717, 1.165) is 11.1 Å². The molecule has 0 atom stereocenters. The van der Waals surface area contributed by atoms with Crippen molar-refractivity contribution >= 4 is 11.9 Å². The largest absolute Gasteiger partial charge is 0.469 e. The van der Waals surface area contributed by atoms with Gasteiger partial charge in [0, 0.05) is 13.1 Å². The average Bonchev–Trinajstić information content (AvgIpc) is 2.60. The lowest BCUT2D eigenvalue weighted by Gasteiger charge is -2.67. The quantitative estimate of drug-likeness (QED) is 0.749. The lowest BCUT2D eigenvalue weighted by atomic mass is 9.34. The van der Waals surface area contributed by atoms with Crippen LogP contribution in [0, 0.1) is 10.8 Å². The fourth-order valence-corrected chi connectivity index (χ4v) is 4.59. The molecule has 0 aliphatic heterocycles. The first kappa shape index (κ1) is 16.8. The molecule has 5 rings (SSSR count). The van der Waals surface area contributed by atoms with Gasteiger partial charge in [0.05, 0.1) is 17.9 Å². The smallest absolute Gasteiger partial charge is 0.311 e. The standard InChI is InChI=1S/C22H23NO3/c1-26-20(25)22-14-21(15-22,16-22)19(24)23(12-17-8-4-2-5-9-17)13-18-10-6-3-7-11-18/h2-11H,12-16H2,1H3. The van der Waals surface area contributed by atoms with Gasteiger partial charge in [-0.25, -0.2) is 0 Å². The minimum absolute atomic E-state index is 0.162. The maximum atomic E-state index is 13.3. The van der Waals surface area contributed by atoms with Crippen molar-refractivity contribution in [2.45, 2.75) is 32.4 Å². The Bertz CT molecular complexity index is 755. The molecule has 0 saturated heterocycles. The molecule has 134 valence electrons. The van der Waals surface area contributed by atoms with Crippen LogP contribution in [-0.2, 0) is 27.4 Å². The van der Waals surface area contributed by atoms with Crippen LogP contribution in [0.4, 0.5) is 0 Å². The van der Waals surface area contributed by atoms with E-state index in [9.17, 15) is 9.59 Å². The number of rotatable bonds is 6. The Labute approximate surface area is 153 Å². The van der Waals surface area contributed by atoms with Crippen molar-refractivity contribution < 1.29 is 14.3 Å². The van der Waals surface area contributed by atoms with Gasteiger partial charge in [-0.1, -0.05) is 60.7 Å². The fourth-order valence-electron chi connectivity index (χ4n) is 4.59. The zero-order valence-electron chi connectivity index (χ0n) is 15.0. The van der Waals surface area contributed by atoms with Gasteiger partial charge in [-0.3, -0.25) is 9.59 Å². The molecule has 4 nitrogen and oxygen atoms in total. The summed E-state index contributed by atoms with van der Waals surface area (Å²) in [6, 6.07) is 20.1. The molecule has 0 N–H and O–H groups in total. The molecule has 2 bridgehead atoms. The van der Waals surface area contributed by atoms with Gasteiger partial charge in [0.1, 0.15) is 0 Å². The number of amides is 1. The Morgan fingerprint density at radius 2 is 1.31 bits per heavy atom. The van der Waals surface area contributed by atoms with E-state index in [1.54, 1.807) is 0 Å². The molecule has 0 unspecified atom stereocenters. The number of benzene rings is 2. The maximum absolute atomic E-state index is 13.3.